The number of benzene rings is 2. The number of para-hydroxylation sites is 1. The molecule has 2 aromatic carbocycles. The lowest BCUT2D eigenvalue weighted by atomic mass is 9.63. The van der Waals surface area contributed by atoms with Crippen molar-refractivity contribution in [2.24, 2.45) is 5.73 Å². The molecule has 1 atom stereocenters. The van der Waals surface area contributed by atoms with E-state index in [0.29, 0.717) is 47.5 Å². The van der Waals surface area contributed by atoms with Crippen LogP contribution in [0.5, 0.6) is 0 Å². The molecular weight excluding hydrogens is 456 g/mol. The van der Waals surface area contributed by atoms with Gasteiger partial charge in [-0.15, -0.1) is 0 Å². The Morgan fingerprint density at radius 2 is 1.78 bits per heavy atom. The fourth-order valence-corrected chi connectivity index (χ4v) is 5.86. The maximum Gasteiger partial charge on any atom is 0.339 e. The summed E-state index contributed by atoms with van der Waals surface area (Å²) in [6.45, 7) is 5.93. The van der Waals surface area contributed by atoms with Gasteiger partial charge in [-0.1, -0.05) is 18.2 Å². The lowest BCUT2D eigenvalue weighted by molar-refractivity contribution is -0.138. The van der Waals surface area contributed by atoms with Gasteiger partial charge in [0.2, 0.25) is 5.91 Å². The molecule has 0 saturated heterocycles. The summed E-state index contributed by atoms with van der Waals surface area (Å²) >= 11 is 0. The number of allylic oxidation sites excluding steroid dienone is 1. The molecule has 36 heavy (non-hydrogen) atoms. The zero-order valence-electron chi connectivity index (χ0n) is 20.8. The molecular formula is C28H30N4O4. The monoisotopic (exact) mass is 486 g/mol. The number of ketones is 1. The van der Waals surface area contributed by atoms with Gasteiger partial charge < -0.3 is 20.7 Å². The minimum absolute atomic E-state index is 0.0331. The second-order valence-corrected chi connectivity index (χ2v) is 9.12. The first-order valence-electron chi connectivity index (χ1n) is 12.3. The summed E-state index contributed by atoms with van der Waals surface area (Å²) in [6, 6.07) is 15.0. The number of methoxy groups -OCH3 is 1. The summed E-state index contributed by atoms with van der Waals surface area (Å²) in [5.41, 5.74) is 8.92. The van der Waals surface area contributed by atoms with E-state index in [1.54, 1.807) is 29.2 Å². The predicted molar refractivity (Wildman–Crippen MR) is 138 cm³/mol. The topological polar surface area (TPSA) is 105 Å². The highest BCUT2D eigenvalue weighted by molar-refractivity contribution is 6.23. The molecule has 186 valence electrons. The quantitative estimate of drug-likeness (QED) is 0.622. The van der Waals surface area contributed by atoms with E-state index in [1.807, 2.05) is 24.3 Å². The standard InChI is InChI=1S/C28H30N4O4/c1-4-31(5-2)17-13-15-18(16-14-17)32-21-11-8-12-22(33)23(21)28(24(25(32)29)26(34)36-3)19-9-6-7-10-20(19)30-27(28)35/h6-7,9-10,13-16H,4-5,8,11-12,29H2,1-3H3,(H,30,35). The van der Waals surface area contributed by atoms with Crippen molar-refractivity contribution in [3.8, 4) is 0 Å². The number of amides is 1. The number of anilines is 3. The fourth-order valence-electron chi connectivity index (χ4n) is 5.86. The number of rotatable bonds is 5. The molecule has 1 aliphatic carbocycles. The number of esters is 1. The van der Waals surface area contributed by atoms with Crippen molar-refractivity contribution < 1.29 is 19.1 Å². The zero-order valence-corrected chi connectivity index (χ0v) is 20.8. The summed E-state index contributed by atoms with van der Waals surface area (Å²) in [5, 5.41) is 2.88. The SMILES string of the molecule is CCN(CC)c1ccc(N2C(N)=C(C(=O)OC)C3(C(=O)Nc4ccccc43)C3=C2CCCC3=O)cc1. The van der Waals surface area contributed by atoms with Crippen LogP contribution in [0.15, 0.2) is 71.2 Å². The van der Waals surface area contributed by atoms with Crippen molar-refractivity contribution in [3.63, 3.8) is 0 Å². The number of fused-ring (bicyclic) bond motifs is 3. The largest absolute Gasteiger partial charge is 0.466 e. The summed E-state index contributed by atoms with van der Waals surface area (Å²) in [6.07, 6.45) is 1.47. The Hall–Kier alpha value is -4.07. The van der Waals surface area contributed by atoms with Gasteiger partial charge in [0.15, 0.2) is 5.78 Å². The molecule has 3 N–H and O–H groups in total. The average Bonchev–Trinajstić information content (AvgIpc) is 3.17. The molecule has 0 bridgehead atoms. The van der Waals surface area contributed by atoms with Crippen molar-refractivity contribution in [3.05, 3.63) is 76.8 Å². The first kappa shape index (κ1) is 23.7. The smallest absolute Gasteiger partial charge is 0.339 e. The lowest BCUT2D eigenvalue weighted by Crippen LogP contribution is -2.53. The summed E-state index contributed by atoms with van der Waals surface area (Å²) in [5.74, 6) is -1.28. The normalized spacial score (nSPS) is 20.9. The highest BCUT2D eigenvalue weighted by atomic mass is 16.5. The van der Waals surface area contributed by atoms with Crippen LogP contribution in [0, 0.1) is 0 Å². The molecule has 0 radical (unpaired) electrons. The second kappa shape index (κ2) is 8.86. The minimum atomic E-state index is -1.65. The van der Waals surface area contributed by atoms with Gasteiger partial charge in [-0.25, -0.2) is 4.79 Å². The van der Waals surface area contributed by atoms with Crippen LogP contribution in [0.4, 0.5) is 17.1 Å². The van der Waals surface area contributed by atoms with Crippen molar-refractivity contribution in [1.82, 2.24) is 0 Å². The second-order valence-electron chi connectivity index (χ2n) is 9.12. The Morgan fingerprint density at radius 1 is 1.08 bits per heavy atom. The number of nitrogens with one attached hydrogen (secondary N) is 1. The molecule has 8 nitrogen and oxygen atoms in total. The van der Waals surface area contributed by atoms with E-state index >= 15 is 0 Å². The number of hydrogen-bond donors (Lipinski definition) is 2. The van der Waals surface area contributed by atoms with Crippen LogP contribution in [0.1, 0.15) is 38.7 Å². The van der Waals surface area contributed by atoms with Gasteiger partial charge in [-0.3, -0.25) is 14.5 Å². The molecule has 0 fully saturated rings. The van der Waals surface area contributed by atoms with Crippen LogP contribution < -0.4 is 20.9 Å². The van der Waals surface area contributed by atoms with Crippen molar-refractivity contribution in [1.29, 1.82) is 0 Å². The first-order valence-corrected chi connectivity index (χ1v) is 12.3. The third-order valence-electron chi connectivity index (χ3n) is 7.45. The molecule has 2 aromatic rings. The highest BCUT2D eigenvalue weighted by Gasteiger charge is 2.61. The van der Waals surface area contributed by atoms with Crippen LogP contribution in [0.3, 0.4) is 0 Å². The number of nitrogens with zero attached hydrogens (tertiary/aromatic N) is 2. The fraction of sp³-hybridized carbons (Fsp3) is 0.321. The van der Waals surface area contributed by atoms with Crippen LogP contribution >= 0.6 is 0 Å². The number of hydrogen-bond acceptors (Lipinski definition) is 7. The Balaban J connectivity index is 1.79. The molecule has 0 aromatic heterocycles. The molecule has 8 heteroatoms. The number of carbonyl (C=O) groups excluding carboxylic acids is 3. The van der Waals surface area contributed by atoms with Gasteiger partial charge in [-0.05, 0) is 57.0 Å². The van der Waals surface area contributed by atoms with E-state index in [9.17, 15) is 14.4 Å². The van der Waals surface area contributed by atoms with Crippen LogP contribution in [0.2, 0.25) is 0 Å². The highest BCUT2D eigenvalue weighted by Crippen LogP contribution is 2.55. The van der Waals surface area contributed by atoms with Crippen LogP contribution in [-0.2, 0) is 24.5 Å². The maximum atomic E-state index is 13.8. The average molecular weight is 487 g/mol. The first-order chi connectivity index (χ1) is 17.4. The minimum Gasteiger partial charge on any atom is -0.466 e. The molecule has 2 heterocycles. The van der Waals surface area contributed by atoms with Crippen LogP contribution in [-0.4, -0.2) is 37.9 Å². The summed E-state index contributed by atoms with van der Waals surface area (Å²) in [7, 11) is 1.25. The molecule has 1 amide bonds. The number of carbonyl (C=O) groups is 3. The van der Waals surface area contributed by atoms with Gasteiger partial charge in [-0.2, -0.15) is 0 Å². The lowest BCUT2D eigenvalue weighted by Gasteiger charge is -2.44. The number of ether oxygens (including phenoxy) is 1. The molecule has 5 rings (SSSR count). The third-order valence-corrected chi connectivity index (χ3v) is 7.45. The molecule has 3 aliphatic rings. The Kier molecular flexibility index (Phi) is 5.82. The zero-order chi connectivity index (χ0) is 25.6. The maximum absolute atomic E-state index is 13.8. The van der Waals surface area contributed by atoms with Gasteiger partial charge in [0.1, 0.15) is 16.8 Å². The number of Topliss-reactive ketones (excluding diaryl/α,β-unsaturated/α-hetero) is 1. The Labute approximate surface area is 210 Å². The van der Waals surface area contributed by atoms with Crippen molar-refractivity contribution in [2.75, 3.05) is 35.3 Å². The predicted octanol–water partition coefficient (Wildman–Crippen LogP) is 3.59. The molecule has 0 saturated carbocycles. The van der Waals surface area contributed by atoms with E-state index in [4.69, 9.17) is 10.5 Å². The van der Waals surface area contributed by atoms with Crippen molar-refractivity contribution in [2.45, 2.75) is 38.5 Å². The van der Waals surface area contributed by atoms with Gasteiger partial charge in [0.05, 0.1) is 7.11 Å². The van der Waals surface area contributed by atoms with E-state index in [0.717, 1.165) is 18.8 Å². The van der Waals surface area contributed by atoms with E-state index < -0.39 is 17.3 Å². The summed E-state index contributed by atoms with van der Waals surface area (Å²) in [4.78, 5) is 44.8. The van der Waals surface area contributed by atoms with Crippen molar-refractivity contribution >= 4 is 34.7 Å². The van der Waals surface area contributed by atoms with E-state index in [2.05, 4.69) is 24.1 Å². The van der Waals surface area contributed by atoms with Gasteiger partial charge >= 0.3 is 5.97 Å². The molecule has 1 unspecified atom stereocenters. The molecule has 1 spiro atoms. The van der Waals surface area contributed by atoms with Gasteiger partial charge in [0, 0.05) is 53.4 Å². The van der Waals surface area contributed by atoms with E-state index in [-0.39, 0.29) is 17.2 Å². The van der Waals surface area contributed by atoms with Crippen LogP contribution in [0.25, 0.3) is 0 Å². The van der Waals surface area contributed by atoms with E-state index in [1.165, 1.54) is 7.11 Å². The molecule has 2 aliphatic heterocycles. The van der Waals surface area contributed by atoms with Gasteiger partial charge in [0.25, 0.3) is 0 Å². The number of nitrogens with two attached hydrogens (primary N) is 1. The Morgan fingerprint density at radius 3 is 2.44 bits per heavy atom. The third kappa shape index (κ3) is 3.17. The Bertz CT molecular complexity index is 1320. The summed E-state index contributed by atoms with van der Waals surface area (Å²) < 4.78 is 5.17.